The topological polar surface area (TPSA) is 8.17 Å². The number of fused-ring (bicyclic) bond motifs is 5. The van der Waals surface area contributed by atoms with Crippen molar-refractivity contribution in [2.24, 2.45) is 0 Å². The second-order valence-corrected chi connectivity index (χ2v) is 15.3. The van der Waals surface area contributed by atoms with Crippen molar-refractivity contribution in [3.05, 3.63) is 243 Å². The van der Waals surface area contributed by atoms with Gasteiger partial charge in [0.15, 0.2) is 0 Å². The molecular weight excluding hydrogens is 725 g/mol. The first-order chi connectivity index (χ1) is 29.8. The first-order valence-electron chi connectivity index (χ1n) is 20.6. The summed E-state index contributed by atoms with van der Waals surface area (Å²) in [7, 11) is 0. The second-order valence-electron chi connectivity index (χ2n) is 15.3. The molecule has 2 heteroatoms. The van der Waals surface area contributed by atoms with Crippen LogP contribution in [0.4, 0.5) is 17.1 Å². The summed E-state index contributed by atoms with van der Waals surface area (Å²) >= 11 is 0. The van der Waals surface area contributed by atoms with Crippen molar-refractivity contribution in [2.75, 3.05) is 4.90 Å². The van der Waals surface area contributed by atoms with E-state index >= 15 is 0 Å². The lowest BCUT2D eigenvalue weighted by molar-refractivity contribution is 1.19. The lowest BCUT2D eigenvalue weighted by Crippen LogP contribution is -2.09. The summed E-state index contributed by atoms with van der Waals surface area (Å²) in [5, 5.41) is 5.01. The third-order valence-electron chi connectivity index (χ3n) is 11.8. The molecule has 11 aromatic rings. The summed E-state index contributed by atoms with van der Waals surface area (Å²) in [5.41, 5.74) is 16.4. The van der Waals surface area contributed by atoms with Crippen LogP contribution in [0, 0.1) is 0 Å². The third kappa shape index (κ3) is 6.32. The van der Waals surface area contributed by atoms with Crippen LogP contribution in [0.3, 0.4) is 0 Å². The molecule has 0 atom stereocenters. The van der Waals surface area contributed by atoms with Crippen LogP contribution < -0.4 is 4.90 Å². The van der Waals surface area contributed by atoms with Gasteiger partial charge in [-0.2, -0.15) is 0 Å². The predicted molar refractivity (Wildman–Crippen MR) is 255 cm³/mol. The predicted octanol–water partition coefficient (Wildman–Crippen LogP) is 16.1. The molecule has 0 aliphatic rings. The Morgan fingerprint density at radius 3 is 1.25 bits per heavy atom. The van der Waals surface area contributed by atoms with Gasteiger partial charge in [-0.3, -0.25) is 0 Å². The smallest absolute Gasteiger partial charge is 0.0619 e. The van der Waals surface area contributed by atoms with Gasteiger partial charge in [0.2, 0.25) is 0 Å². The highest BCUT2D eigenvalue weighted by atomic mass is 15.1. The monoisotopic (exact) mass is 764 g/mol. The maximum absolute atomic E-state index is 2.47. The number of nitrogens with zero attached hydrogens (tertiary/aromatic N) is 2. The first-order valence-corrected chi connectivity index (χ1v) is 20.6. The van der Waals surface area contributed by atoms with E-state index in [1.54, 1.807) is 0 Å². The molecule has 282 valence electrons. The minimum atomic E-state index is 1.09. The Morgan fingerprint density at radius 1 is 0.267 bits per heavy atom. The zero-order chi connectivity index (χ0) is 39.8. The highest BCUT2D eigenvalue weighted by Crippen LogP contribution is 2.41. The molecule has 0 fully saturated rings. The molecule has 0 aliphatic carbocycles. The van der Waals surface area contributed by atoms with E-state index in [1.165, 1.54) is 71.5 Å². The van der Waals surface area contributed by atoms with Gasteiger partial charge in [-0.05, 0) is 92.9 Å². The van der Waals surface area contributed by atoms with Crippen LogP contribution in [-0.4, -0.2) is 4.57 Å². The van der Waals surface area contributed by atoms with Crippen molar-refractivity contribution in [1.82, 2.24) is 4.57 Å². The van der Waals surface area contributed by atoms with Crippen molar-refractivity contribution in [2.45, 2.75) is 0 Å². The highest BCUT2D eigenvalue weighted by Gasteiger charge is 2.19. The number of rotatable bonds is 8. The maximum Gasteiger partial charge on any atom is 0.0619 e. The molecular formula is C58H40N2. The van der Waals surface area contributed by atoms with Gasteiger partial charge in [-0.25, -0.2) is 0 Å². The quantitative estimate of drug-likeness (QED) is 0.150. The van der Waals surface area contributed by atoms with Gasteiger partial charge in [-0.15, -0.1) is 0 Å². The Hall–Kier alpha value is -7.94. The standard InChI is InChI=1S/C58H40N2/c1-3-13-41(14-4-1)43-23-25-44(26-24-43)46-29-36-50(37-30-46)59(49-34-27-45(28-35-49)42-15-5-2-6-16-42)51-38-31-48(32-39-51)52-18-9-11-21-56(52)60-57-22-12-10-20-54(57)55-40-33-47-17-7-8-19-53(47)58(55)60/h1-40H. The molecule has 60 heavy (non-hydrogen) atoms. The van der Waals surface area contributed by atoms with E-state index in [4.69, 9.17) is 0 Å². The summed E-state index contributed by atoms with van der Waals surface area (Å²) in [5.74, 6) is 0. The zero-order valence-corrected chi connectivity index (χ0v) is 33.0. The van der Waals surface area contributed by atoms with E-state index in [0.717, 1.165) is 28.3 Å². The Kier molecular flexibility index (Phi) is 8.87. The van der Waals surface area contributed by atoms with Crippen LogP contribution in [-0.2, 0) is 0 Å². The Morgan fingerprint density at radius 2 is 0.683 bits per heavy atom. The SMILES string of the molecule is c1ccc(-c2ccc(-c3ccc(N(c4ccc(-c5ccccc5)cc4)c4ccc(-c5ccccc5-n5c6ccccc6c6ccc7ccccc7c65)cc4)cc3)cc2)cc1. The van der Waals surface area contributed by atoms with Crippen molar-refractivity contribution in [1.29, 1.82) is 0 Å². The Balaban J connectivity index is 0.989. The van der Waals surface area contributed by atoms with Crippen LogP contribution in [0.5, 0.6) is 0 Å². The Labute approximate surface area is 350 Å². The maximum atomic E-state index is 2.47. The lowest BCUT2D eigenvalue weighted by atomic mass is 9.99. The summed E-state index contributed by atoms with van der Waals surface area (Å²) in [6.45, 7) is 0. The van der Waals surface area contributed by atoms with Gasteiger partial charge < -0.3 is 9.47 Å². The van der Waals surface area contributed by atoms with Crippen molar-refractivity contribution in [3.8, 4) is 50.2 Å². The van der Waals surface area contributed by atoms with E-state index < -0.39 is 0 Å². The fourth-order valence-electron chi connectivity index (χ4n) is 8.85. The summed E-state index contributed by atoms with van der Waals surface area (Å²) in [6, 6.07) is 87.7. The molecule has 0 saturated heterocycles. The number of aromatic nitrogens is 1. The summed E-state index contributed by atoms with van der Waals surface area (Å²) in [4.78, 5) is 2.35. The first kappa shape index (κ1) is 35.2. The van der Waals surface area contributed by atoms with Crippen molar-refractivity contribution in [3.63, 3.8) is 0 Å². The van der Waals surface area contributed by atoms with E-state index in [1.807, 2.05) is 0 Å². The fraction of sp³-hybridized carbons (Fsp3) is 0. The number of hydrogen-bond acceptors (Lipinski definition) is 1. The molecule has 1 aromatic heterocycles. The molecule has 11 rings (SSSR count). The number of benzene rings is 10. The number of anilines is 3. The molecule has 2 nitrogen and oxygen atoms in total. The van der Waals surface area contributed by atoms with Gasteiger partial charge in [0.1, 0.15) is 0 Å². The average molecular weight is 765 g/mol. The highest BCUT2D eigenvalue weighted by molar-refractivity contribution is 6.18. The molecule has 10 aromatic carbocycles. The van der Waals surface area contributed by atoms with E-state index in [9.17, 15) is 0 Å². The van der Waals surface area contributed by atoms with Crippen LogP contribution in [0.25, 0.3) is 82.8 Å². The molecule has 0 radical (unpaired) electrons. The molecule has 0 N–H and O–H groups in total. The summed E-state index contributed by atoms with van der Waals surface area (Å²) < 4.78 is 2.47. The molecule has 1 heterocycles. The largest absolute Gasteiger partial charge is 0.311 e. The van der Waals surface area contributed by atoms with E-state index in [-0.39, 0.29) is 0 Å². The zero-order valence-electron chi connectivity index (χ0n) is 33.0. The fourth-order valence-corrected chi connectivity index (χ4v) is 8.85. The van der Waals surface area contributed by atoms with Gasteiger partial charge in [0.25, 0.3) is 0 Å². The van der Waals surface area contributed by atoms with Gasteiger partial charge in [-0.1, -0.05) is 194 Å². The van der Waals surface area contributed by atoms with E-state index in [2.05, 4.69) is 252 Å². The van der Waals surface area contributed by atoms with E-state index in [0.29, 0.717) is 0 Å². The molecule has 0 saturated carbocycles. The van der Waals surface area contributed by atoms with Crippen molar-refractivity contribution < 1.29 is 0 Å². The third-order valence-corrected chi connectivity index (χ3v) is 11.8. The summed E-state index contributed by atoms with van der Waals surface area (Å²) in [6.07, 6.45) is 0. The van der Waals surface area contributed by atoms with Crippen LogP contribution in [0.15, 0.2) is 243 Å². The molecule has 0 aliphatic heterocycles. The van der Waals surface area contributed by atoms with Crippen LogP contribution >= 0.6 is 0 Å². The lowest BCUT2D eigenvalue weighted by Gasteiger charge is -2.26. The molecule has 0 amide bonds. The Bertz CT molecular complexity index is 3250. The molecule has 0 unspecified atom stereocenters. The van der Waals surface area contributed by atoms with Gasteiger partial charge in [0, 0.05) is 38.8 Å². The molecule has 0 spiro atoms. The van der Waals surface area contributed by atoms with Gasteiger partial charge in [0.05, 0.1) is 16.7 Å². The number of para-hydroxylation sites is 2. The second kappa shape index (κ2) is 15.1. The number of hydrogen-bond donors (Lipinski definition) is 0. The normalized spacial score (nSPS) is 11.3. The minimum absolute atomic E-state index is 1.09. The van der Waals surface area contributed by atoms with Crippen molar-refractivity contribution >= 4 is 49.6 Å². The van der Waals surface area contributed by atoms with Crippen LogP contribution in [0.2, 0.25) is 0 Å². The van der Waals surface area contributed by atoms with Gasteiger partial charge >= 0.3 is 0 Å². The van der Waals surface area contributed by atoms with Crippen LogP contribution in [0.1, 0.15) is 0 Å². The molecule has 0 bridgehead atoms. The minimum Gasteiger partial charge on any atom is -0.311 e. The average Bonchev–Trinajstić information content (AvgIpc) is 3.68.